The molecule has 0 aliphatic heterocycles. The third-order valence-electron chi connectivity index (χ3n) is 3.47. The molecule has 146 valence electrons. The first-order valence-corrected chi connectivity index (χ1v) is 9.11. The maximum atomic E-state index is 11.0. The number of hydrogen-bond acceptors (Lipinski definition) is 4. The highest BCUT2D eigenvalue weighted by Crippen LogP contribution is 2.09. The number of carbonyl (C=O) groups excluding carboxylic acids is 1. The topological polar surface area (TPSA) is 84.0 Å². The van der Waals surface area contributed by atoms with Crippen LogP contribution in [0.5, 0.6) is 0 Å². The standard InChI is InChI=1S/C19H32N4O3/c1-4-20-19(21-11-5-13-26-15-14-25-3)22-12-10-17-6-8-18(9-7-17)23-16(2)24/h6-9H,4-5,10-15H2,1-3H3,(H,23,24)(H2,20,21,22). The maximum Gasteiger partial charge on any atom is 0.221 e. The lowest BCUT2D eigenvalue weighted by molar-refractivity contribution is -0.114. The Hall–Kier alpha value is -2.12. The molecule has 7 nitrogen and oxygen atoms in total. The summed E-state index contributed by atoms with van der Waals surface area (Å²) in [5.74, 6) is 0.759. The van der Waals surface area contributed by atoms with Crippen molar-refractivity contribution in [3.63, 3.8) is 0 Å². The number of nitrogens with one attached hydrogen (secondary N) is 3. The number of rotatable bonds is 12. The molecule has 1 aromatic carbocycles. The highest BCUT2D eigenvalue weighted by molar-refractivity contribution is 5.88. The fourth-order valence-electron chi connectivity index (χ4n) is 2.23. The van der Waals surface area contributed by atoms with Crippen LogP contribution in [0.4, 0.5) is 5.69 Å². The summed E-state index contributed by atoms with van der Waals surface area (Å²) in [6, 6.07) is 7.88. The van der Waals surface area contributed by atoms with E-state index in [1.807, 2.05) is 31.2 Å². The van der Waals surface area contributed by atoms with Gasteiger partial charge in [-0.25, -0.2) is 0 Å². The van der Waals surface area contributed by atoms with Gasteiger partial charge >= 0.3 is 0 Å². The first-order chi connectivity index (χ1) is 12.7. The van der Waals surface area contributed by atoms with Crippen LogP contribution in [0.15, 0.2) is 29.3 Å². The van der Waals surface area contributed by atoms with Crippen LogP contribution in [0.1, 0.15) is 25.8 Å². The average molecular weight is 364 g/mol. The number of nitrogens with zero attached hydrogens (tertiary/aromatic N) is 1. The van der Waals surface area contributed by atoms with Crippen molar-refractivity contribution >= 4 is 17.6 Å². The van der Waals surface area contributed by atoms with Crippen molar-refractivity contribution in [3.05, 3.63) is 29.8 Å². The van der Waals surface area contributed by atoms with Gasteiger partial charge in [-0.1, -0.05) is 12.1 Å². The molecule has 0 aromatic heterocycles. The SMILES string of the molecule is CCNC(=NCCCOCCOC)NCCc1ccc(NC(C)=O)cc1. The van der Waals surface area contributed by atoms with Gasteiger partial charge in [0.2, 0.25) is 5.91 Å². The van der Waals surface area contributed by atoms with Gasteiger partial charge in [0.15, 0.2) is 5.96 Å². The molecule has 1 aromatic rings. The van der Waals surface area contributed by atoms with Gasteiger partial charge in [0, 0.05) is 46.0 Å². The molecule has 0 bridgehead atoms. The minimum atomic E-state index is -0.0602. The predicted molar refractivity (Wildman–Crippen MR) is 106 cm³/mol. The lowest BCUT2D eigenvalue weighted by Gasteiger charge is -2.11. The fraction of sp³-hybridized carbons (Fsp3) is 0.579. The van der Waals surface area contributed by atoms with E-state index in [0.717, 1.165) is 37.6 Å². The molecule has 7 heteroatoms. The highest BCUT2D eigenvalue weighted by atomic mass is 16.5. The van der Waals surface area contributed by atoms with Crippen LogP contribution in [-0.2, 0) is 20.7 Å². The van der Waals surface area contributed by atoms with E-state index in [4.69, 9.17) is 9.47 Å². The molecule has 0 saturated heterocycles. The Morgan fingerprint density at radius 2 is 1.88 bits per heavy atom. The van der Waals surface area contributed by atoms with Crippen LogP contribution in [0.3, 0.4) is 0 Å². The van der Waals surface area contributed by atoms with Crippen LogP contribution in [0.25, 0.3) is 0 Å². The molecule has 0 unspecified atom stereocenters. The molecule has 1 rings (SSSR count). The molecule has 1 amide bonds. The largest absolute Gasteiger partial charge is 0.382 e. The minimum Gasteiger partial charge on any atom is -0.382 e. The van der Waals surface area contributed by atoms with Crippen molar-refractivity contribution < 1.29 is 14.3 Å². The molecule has 0 aliphatic carbocycles. The van der Waals surface area contributed by atoms with Crippen molar-refractivity contribution in [3.8, 4) is 0 Å². The first kappa shape index (κ1) is 21.9. The van der Waals surface area contributed by atoms with Crippen molar-refractivity contribution in [1.82, 2.24) is 10.6 Å². The molecule has 0 atom stereocenters. The van der Waals surface area contributed by atoms with Gasteiger partial charge in [0.25, 0.3) is 0 Å². The van der Waals surface area contributed by atoms with E-state index in [1.54, 1.807) is 7.11 Å². The fourth-order valence-corrected chi connectivity index (χ4v) is 2.23. The molecule has 26 heavy (non-hydrogen) atoms. The quantitative estimate of drug-likeness (QED) is 0.299. The van der Waals surface area contributed by atoms with Crippen LogP contribution in [0, 0.1) is 0 Å². The zero-order chi connectivity index (χ0) is 19.0. The van der Waals surface area contributed by atoms with E-state index in [0.29, 0.717) is 26.4 Å². The molecule has 0 saturated carbocycles. The molecule has 0 spiro atoms. The van der Waals surface area contributed by atoms with Crippen LogP contribution < -0.4 is 16.0 Å². The van der Waals surface area contributed by atoms with E-state index in [1.165, 1.54) is 12.5 Å². The summed E-state index contributed by atoms with van der Waals surface area (Å²) in [6.07, 6.45) is 1.76. The van der Waals surface area contributed by atoms with Gasteiger partial charge in [-0.15, -0.1) is 0 Å². The summed E-state index contributed by atoms with van der Waals surface area (Å²) in [4.78, 5) is 15.6. The van der Waals surface area contributed by atoms with E-state index in [-0.39, 0.29) is 5.91 Å². The van der Waals surface area contributed by atoms with Crippen molar-refractivity contribution in [2.75, 3.05) is 51.9 Å². The Kier molecular flexibility index (Phi) is 11.9. The Morgan fingerprint density at radius 3 is 2.54 bits per heavy atom. The van der Waals surface area contributed by atoms with E-state index in [2.05, 4.69) is 20.9 Å². The smallest absolute Gasteiger partial charge is 0.221 e. The minimum absolute atomic E-state index is 0.0602. The number of anilines is 1. The number of methoxy groups -OCH3 is 1. The zero-order valence-electron chi connectivity index (χ0n) is 16.1. The van der Waals surface area contributed by atoms with Gasteiger partial charge in [0.1, 0.15) is 0 Å². The first-order valence-electron chi connectivity index (χ1n) is 9.11. The van der Waals surface area contributed by atoms with Crippen LogP contribution in [-0.4, -0.2) is 58.4 Å². The monoisotopic (exact) mass is 364 g/mol. The summed E-state index contributed by atoms with van der Waals surface area (Å²) in [7, 11) is 1.67. The van der Waals surface area contributed by atoms with Crippen molar-refractivity contribution in [1.29, 1.82) is 0 Å². The number of carbonyl (C=O) groups is 1. The van der Waals surface area contributed by atoms with Gasteiger partial charge < -0.3 is 25.4 Å². The Morgan fingerprint density at radius 1 is 1.12 bits per heavy atom. The van der Waals surface area contributed by atoms with Crippen LogP contribution in [0.2, 0.25) is 0 Å². The van der Waals surface area contributed by atoms with E-state index in [9.17, 15) is 4.79 Å². The third kappa shape index (κ3) is 10.7. The second kappa shape index (κ2) is 14.1. The van der Waals surface area contributed by atoms with Gasteiger partial charge in [-0.2, -0.15) is 0 Å². The predicted octanol–water partition coefficient (Wildman–Crippen LogP) is 1.80. The Labute approximate surface area is 156 Å². The molecular weight excluding hydrogens is 332 g/mol. The van der Waals surface area contributed by atoms with Gasteiger partial charge in [-0.3, -0.25) is 9.79 Å². The van der Waals surface area contributed by atoms with Gasteiger partial charge in [0.05, 0.1) is 13.2 Å². The number of benzene rings is 1. The average Bonchev–Trinajstić information content (AvgIpc) is 2.62. The normalized spacial score (nSPS) is 11.3. The molecule has 3 N–H and O–H groups in total. The Balaban J connectivity index is 2.29. The van der Waals surface area contributed by atoms with Crippen molar-refractivity contribution in [2.24, 2.45) is 4.99 Å². The van der Waals surface area contributed by atoms with Crippen LogP contribution >= 0.6 is 0 Å². The van der Waals surface area contributed by atoms with Gasteiger partial charge in [-0.05, 0) is 37.5 Å². The second-order valence-electron chi connectivity index (χ2n) is 5.77. The number of aliphatic imine (C=N–C) groups is 1. The molecular formula is C19H32N4O3. The van der Waals surface area contributed by atoms with E-state index < -0.39 is 0 Å². The molecule has 0 radical (unpaired) electrons. The lowest BCUT2D eigenvalue weighted by Crippen LogP contribution is -2.38. The molecule has 0 heterocycles. The third-order valence-corrected chi connectivity index (χ3v) is 3.47. The van der Waals surface area contributed by atoms with E-state index >= 15 is 0 Å². The van der Waals surface area contributed by atoms with Crippen molar-refractivity contribution in [2.45, 2.75) is 26.7 Å². The number of amides is 1. The maximum absolute atomic E-state index is 11.0. The molecule has 0 aliphatic rings. The molecule has 0 fully saturated rings. The second-order valence-corrected chi connectivity index (χ2v) is 5.77. The zero-order valence-corrected chi connectivity index (χ0v) is 16.1. The number of hydrogen-bond donors (Lipinski definition) is 3. The highest BCUT2D eigenvalue weighted by Gasteiger charge is 1.99. The summed E-state index contributed by atoms with van der Waals surface area (Å²) in [5, 5.41) is 9.34. The summed E-state index contributed by atoms with van der Waals surface area (Å²) >= 11 is 0. The number of guanidine groups is 1. The lowest BCUT2D eigenvalue weighted by atomic mass is 10.1. The summed E-state index contributed by atoms with van der Waals surface area (Å²) in [6.45, 7) is 7.81. The summed E-state index contributed by atoms with van der Waals surface area (Å²) in [5.41, 5.74) is 2.02. The Bertz CT molecular complexity index is 532. The number of ether oxygens (including phenoxy) is 2. The summed E-state index contributed by atoms with van der Waals surface area (Å²) < 4.78 is 10.4.